The van der Waals surface area contributed by atoms with Crippen molar-refractivity contribution in [1.82, 2.24) is 14.7 Å². The summed E-state index contributed by atoms with van der Waals surface area (Å²) in [4.78, 5) is 13.8. The number of methoxy groups -OCH3 is 1. The Morgan fingerprint density at radius 2 is 2.22 bits per heavy atom. The van der Waals surface area contributed by atoms with Gasteiger partial charge < -0.3 is 15.0 Å². The molecule has 1 aliphatic rings. The molecule has 0 spiro atoms. The third-order valence-electron chi connectivity index (χ3n) is 3.05. The molecule has 100 valence electrons. The number of hydrogen-bond acceptors (Lipinski definition) is 3. The summed E-state index contributed by atoms with van der Waals surface area (Å²) in [5.74, 6) is 0. The van der Waals surface area contributed by atoms with Crippen LogP contribution < -0.4 is 5.32 Å². The fraction of sp³-hybridized carbons (Fsp3) is 0.667. The summed E-state index contributed by atoms with van der Waals surface area (Å²) in [5.41, 5.74) is 0.738. The van der Waals surface area contributed by atoms with E-state index < -0.39 is 0 Å². The summed E-state index contributed by atoms with van der Waals surface area (Å²) in [7, 11) is 1.66. The molecule has 2 amide bonds. The molecule has 1 aromatic rings. The SMILES string of the molecule is COCCn1cc(NC(=O)N2CCCCC2)cn1. The van der Waals surface area contributed by atoms with E-state index in [1.807, 2.05) is 11.1 Å². The molecule has 1 aliphatic heterocycles. The van der Waals surface area contributed by atoms with Crippen molar-refractivity contribution in [2.45, 2.75) is 25.8 Å². The smallest absolute Gasteiger partial charge is 0.321 e. The van der Waals surface area contributed by atoms with Crippen LogP contribution in [0.2, 0.25) is 0 Å². The van der Waals surface area contributed by atoms with Gasteiger partial charge in [0.15, 0.2) is 0 Å². The molecule has 0 bridgehead atoms. The van der Waals surface area contributed by atoms with E-state index in [0.717, 1.165) is 31.6 Å². The van der Waals surface area contributed by atoms with Crippen molar-refractivity contribution < 1.29 is 9.53 Å². The van der Waals surface area contributed by atoms with Gasteiger partial charge >= 0.3 is 6.03 Å². The van der Waals surface area contributed by atoms with Crippen LogP contribution in [0.4, 0.5) is 10.5 Å². The second-order valence-corrected chi connectivity index (χ2v) is 4.46. The third kappa shape index (κ3) is 3.46. The van der Waals surface area contributed by atoms with Crippen LogP contribution in [0.15, 0.2) is 12.4 Å². The van der Waals surface area contributed by atoms with Crippen molar-refractivity contribution in [2.75, 3.05) is 32.1 Å². The lowest BCUT2D eigenvalue weighted by atomic mass is 10.1. The molecule has 6 heteroatoms. The summed E-state index contributed by atoms with van der Waals surface area (Å²) in [6.45, 7) is 3.00. The van der Waals surface area contributed by atoms with E-state index in [9.17, 15) is 4.79 Å². The molecule has 2 heterocycles. The van der Waals surface area contributed by atoms with E-state index in [2.05, 4.69) is 10.4 Å². The van der Waals surface area contributed by atoms with E-state index in [1.54, 1.807) is 18.0 Å². The zero-order chi connectivity index (χ0) is 12.8. The van der Waals surface area contributed by atoms with Crippen LogP contribution in [0.5, 0.6) is 0 Å². The van der Waals surface area contributed by atoms with Crippen LogP contribution in [0.1, 0.15) is 19.3 Å². The summed E-state index contributed by atoms with van der Waals surface area (Å²) in [5, 5.41) is 7.03. The largest absolute Gasteiger partial charge is 0.383 e. The molecule has 6 nitrogen and oxygen atoms in total. The van der Waals surface area contributed by atoms with Crippen LogP contribution in [-0.2, 0) is 11.3 Å². The first-order valence-corrected chi connectivity index (χ1v) is 6.37. The highest BCUT2D eigenvalue weighted by molar-refractivity contribution is 5.89. The van der Waals surface area contributed by atoms with Gasteiger partial charge in [-0.1, -0.05) is 0 Å². The van der Waals surface area contributed by atoms with Crippen molar-refractivity contribution in [2.24, 2.45) is 0 Å². The first-order chi connectivity index (χ1) is 8.79. The minimum absolute atomic E-state index is 0.0269. The molecule has 0 aromatic carbocycles. The Balaban J connectivity index is 1.84. The maximum Gasteiger partial charge on any atom is 0.321 e. The predicted molar refractivity (Wildman–Crippen MR) is 68.5 cm³/mol. The normalized spacial score (nSPS) is 15.7. The van der Waals surface area contributed by atoms with E-state index >= 15 is 0 Å². The fourth-order valence-corrected chi connectivity index (χ4v) is 2.03. The highest BCUT2D eigenvalue weighted by Crippen LogP contribution is 2.11. The van der Waals surface area contributed by atoms with Gasteiger partial charge in [0.05, 0.1) is 25.0 Å². The maximum absolute atomic E-state index is 11.9. The van der Waals surface area contributed by atoms with Crippen LogP contribution >= 0.6 is 0 Å². The number of nitrogens with zero attached hydrogens (tertiary/aromatic N) is 3. The number of aromatic nitrogens is 2. The van der Waals surface area contributed by atoms with Crippen molar-refractivity contribution in [3.63, 3.8) is 0 Å². The Hall–Kier alpha value is -1.56. The summed E-state index contributed by atoms with van der Waals surface area (Å²) in [6.07, 6.45) is 6.90. The minimum Gasteiger partial charge on any atom is -0.383 e. The number of rotatable bonds is 4. The second kappa shape index (κ2) is 6.39. The Morgan fingerprint density at radius 3 is 2.94 bits per heavy atom. The van der Waals surface area contributed by atoms with Crippen LogP contribution in [-0.4, -0.2) is 47.5 Å². The van der Waals surface area contributed by atoms with Gasteiger partial charge in [-0.05, 0) is 19.3 Å². The highest BCUT2D eigenvalue weighted by atomic mass is 16.5. The van der Waals surface area contributed by atoms with Crippen molar-refractivity contribution >= 4 is 11.7 Å². The minimum atomic E-state index is -0.0269. The molecule has 0 radical (unpaired) electrons. The second-order valence-electron chi connectivity index (χ2n) is 4.46. The number of ether oxygens (including phenoxy) is 1. The van der Waals surface area contributed by atoms with E-state index in [-0.39, 0.29) is 6.03 Å². The van der Waals surface area contributed by atoms with E-state index in [0.29, 0.717) is 13.2 Å². The molecule has 1 aromatic heterocycles. The molecule has 2 rings (SSSR count). The maximum atomic E-state index is 11.9. The number of urea groups is 1. The van der Waals surface area contributed by atoms with Crippen LogP contribution in [0.25, 0.3) is 0 Å². The Kier molecular flexibility index (Phi) is 4.58. The molecule has 18 heavy (non-hydrogen) atoms. The Morgan fingerprint density at radius 1 is 1.44 bits per heavy atom. The number of likely N-dealkylation sites (tertiary alicyclic amines) is 1. The van der Waals surface area contributed by atoms with Crippen LogP contribution in [0, 0.1) is 0 Å². The number of anilines is 1. The molecular weight excluding hydrogens is 232 g/mol. The zero-order valence-corrected chi connectivity index (χ0v) is 10.8. The van der Waals surface area contributed by atoms with Gasteiger partial charge in [0.2, 0.25) is 0 Å². The van der Waals surface area contributed by atoms with Gasteiger partial charge in [-0.3, -0.25) is 4.68 Å². The lowest BCUT2D eigenvalue weighted by Gasteiger charge is -2.26. The average Bonchev–Trinajstić information content (AvgIpc) is 2.85. The molecule has 1 fully saturated rings. The number of piperidine rings is 1. The summed E-state index contributed by atoms with van der Waals surface area (Å²) >= 11 is 0. The molecule has 0 saturated carbocycles. The van der Waals surface area contributed by atoms with Crippen molar-refractivity contribution in [3.8, 4) is 0 Å². The summed E-state index contributed by atoms with van der Waals surface area (Å²) in [6, 6.07) is -0.0269. The first-order valence-electron chi connectivity index (χ1n) is 6.37. The lowest BCUT2D eigenvalue weighted by molar-refractivity contribution is 0.183. The molecule has 0 aliphatic carbocycles. The number of carbonyl (C=O) groups is 1. The molecule has 1 saturated heterocycles. The first kappa shape index (κ1) is 12.9. The van der Waals surface area contributed by atoms with Gasteiger partial charge in [-0.2, -0.15) is 5.10 Å². The van der Waals surface area contributed by atoms with Crippen molar-refractivity contribution in [3.05, 3.63) is 12.4 Å². The third-order valence-corrected chi connectivity index (χ3v) is 3.05. The van der Waals surface area contributed by atoms with E-state index in [1.165, 1.54) is 6.42 Å². The Labute approximate surface area is 107 Å². The Bertz CT molecular complexity index is 385. The van der Waals surface area contributed by atoms with Gasteiger partial charge in [-0.25, -0.2) is 4.79 Å². The van der Waals surface area contributed by atoms with Gasteiger partial charge in [-0.15, -0.1) is 0 Å². The molecule has 0 unspecified atom stereocenters. The quantitative estimate of drug-likeness (QED) is 0.884. The highest BCUT2D eigenvalue weighted by Gasteiger charge is 2.16. The number of amides is 2. The van der Waals surface area contributed by atoms with Crippen LogP contribution in [0.3, 0.4) is 0 Å². The lowest BCUT2D eigenvalue weighted by Crippen LogP contribution is -2.38. The number of hydrogen-bond donors (Lipinski definition) is 1. The molecule has 0 atom stereocenters. The van der Waals surface area contributed by atoms with Gasteiger partial charge in [0, 0.05) is 26.4 Å². The van der Waals surface area contributed by atoms with Gasteiger partial charge in [0.25, 0.3) is 0 Å². The molecule has 1 N–H and O–H groups in total. The fourth-order valence-electron chi connectivity index (χ4n) is 2.03. The van der Waals surface area contributed by atoms with Gasteiger partial charge in [0.1, 0.15) is 0 Å². The molecular formula is C12H20N4O2. The van der Waals surface area contributed by atoms with E-state index in [4.69, 9.17) is 4.74 Å². The predicted octanol–water partition coefficient (Wildman–Crippen LogP) is 1.55. The zero-order valence-electron chi connectivity index (χ0n) is 10.8. The standard InChI is InChI=1S/C12H20N4O2/c1-18-8-7-16-10-11(9-13-16)14-12(17)15-5-3-2-4-6-15/h9-10H,2-8H2,1H3,(H,14,17). The number of nitrogens with one attached hydrogen (secondary N) is 1. The average molecular weight is 252 g/mol. The monoisotopic (exact) mass is 252 g/mol. The topological polar surface area (TPSA) is 59.4 Å². The van der Waals surface area contributed by atoms with Crippen molar-refractivity contribution in [1.29, 1.82) is 0 Å². The number of carbonyl (C=O) groups excluding carboxylic acids is 1. The summed E-state index contributed by atoms with van der Waals surface area (Å²) < 4.78 is 6.73.